The second kappa shape index (κ2) is 10.7. The number of anilines is 1. The molecular formula is C23H35ClN4O3. The van der Waals surface area contributed by atoms with E-state index in [9.17, 15) is 9.59 Å². The van der Waals surface area contributed by atoms with E-state index in [1.807, 2.05) is 18.2 Å². The predicted molar refractivity (Wildman–Crippen MR) is 124 cm³/mol. The molecule has 31 heavy (non-hydrogen) atoms. The van der Waals surface area contributed by atoms with Crippen LogP contribution in [0, 0.1) is 5.92 Å². The zero-order valence-electron chi connectivity index (χ0n) is 18.7. The molecule has 0 N–H and O–H groups in total. The van der Waals surface area contributed by atoms with Crippen molar-refractivity contribution in [3.8, 4) is 5.75 Å². The summed E-state index contributed by atoms with van der Waals surface area (Å²) in [5.74, 6) is 0.815. The Balaban J connectivity index is 0.00000272. The Morgan fingerprint density at radius 3 is 2.45 bits per heavy atom. The molecule has 1 atom stereocenters. The summed E-state index contributed by atoms with van der Waals surface area (Å²) >= 11 is 0. The summed E-state index contributed by atoms with van der Waals surface area (Å²) in [6.45, 7) is 6.06. The first kappa shape index (κ1) is 23.8. The molecule has 3 fully saturated rings. The maximum Gasteiger partial charge on any atom is 0.234 e. The number of carbonyl (C=O) groups excluding carboxylic acids is 2. The van der Waals surface area contributed by atoms with E-state index in [0.29, 0.717) is 19.0 Å². The normalized spacial score (nSPS) is 22.2. The smallest absolute Gasteiger partial charge is 0.234 e. The van der Waals surface area contributed by atoms with Gasteiger partial charge < -0.3 is 14.5 Å². The van der Waals surface area contributed by atoms with Gasteiger partial charge in [-0.1, -0.05) is 12.1 Å². The maximum absolute atomic E-state index is 12.7. The van der Waals surface area contributed by atoms with Crippen LogP contribution in [0.2, 0.25) is 0 Å². The monoisotopic (exact) mass is 450 g/mol. The van der Waals surface area contributed by atoms with Gasteiger partial charge in [0, 0.05) is 51.7 Å². The largest absolute Gasteiger partial charge is 0.495 e. The molecule has 2 saturated heterocycles. The number of halogens is 1. The molecule has 2 amide bonds. The predicted octanol–water partition coefficient (Wildman–Crippen LogP) is 2.10. The molecule has 0 radical (unpaired) electrons. The number of hydrogen-bond donors (Lipinski definition) is 0. The number of amides is 2. The van der Waals surface area contributed by atoms with E-state index >= 15 is 0 Å². The average Bonchev–Trinajstić information content (AvgIpc) is 3.58. The fourth-order valence-electron chi connectivity index (χ4n) is 4.70. The minimum atomic E-state index is -0.146. The third-order valence-electron chi connectivity index (χ3n) is 6.67. The van der Waals surface area contributed by atoms with Crippen LogP contribution in [0.15, 0.2) is 24.3 Å². The molecule has 2 heterocycles. The molecule has 0 aromatic heterocycles. The van der Waals surface area contributed by atoms with E-state index in [1.54, 1.807) is 7.11 Å². The van der Waals surface area contributed by atoms with Crippen LogP contribution >= 0.6 is 12.4 Å². The van der Waals surface area contributed by atoms with Gasteiger partial charge in [0.15, 0.2) is 0 Å². The molecule has 7 nitrogen and oxygen atoms in total. The Kier molecular flexibility index (Phi) is 8.19. The molecule has 4 rings (SSSR count). The van der Waals surface area contributed by atoms with Crippen molar-refractivity contribution in [2.75, 3.05) is 64.9 Å². The van der Waals surface area contributed by atoms with Crippen LogP contribution in [0.1, 0.15) is 25.7 Å². The lowest BCUT2D eigenvalue weighted by Crippen LogP contribution is -2.47. The van der Waals surface area contributed by atoms with Crippen molar-refractivity contribution in [2.45, 2.75) is 31.7 Å². The second-order valence-electron chi connectivity index (χ2n) is 8.81. The van der Waals surface area contributed by atoms with Gasteiger partial charge in [-0.25, -0.2) is 0 Å². The molecule has 1 aliphatic carbocycles. The molecule has 1 unspecified atom stereocenters. The number of ether oxygens (including phenoxy) is 1. The highest BCUT2D eigenvalue weighted by Crippen LogP contribution is 2.29. The Morgan fingerprint density at radius 2 is 1.77 bits per heavy atom. The highest BCUT2D eigenvalue weighted by Gasteiger charge is 2.40. The Bertz CT molecular complexity index is 765. The van der Waals surface area contributed by atoms with E-state index in [1.165, 1.54) is 17.7 Å². The summed E-state index contributed by atoms with van der Waals surface area (Å²) in [4.78, 5) is 33.6. The standard InChI is InChI=1S/C23H34N4O3.ClH/c1-24(19-8-9-19)17-18-16-22(28)27(23(18)29)11-5-10-25-12-14-26(15-13-25)20-6-3-4-7-21(20)30-2;/h3-4,6-7,18-19H,5,8-17H2,1-2H3;1H. The molecule has 2 aliphatic heterocycles. The third-order valence-corrected chi connectivity index (χ3v) is 6.67. The van der Waals surface area contributed by atoms with Crippen molar-refractivity contribution < 1.29 is 14.3 Å². The van der Waals surface area contributed by atoms with Crippen LogP contribution in [-0.2, 0) is 9.59 Å². The van der Waals surface area contributed by atoms with Gasteiger partial charge in [-0.2, -0.15) is 0 Å². The molecular weight excluding hydrogens is 416 g/mol. The second-order valence-corrected chi connectivity index (χ2v) is 8.81. The molecule has 172 valence electrons. The highest BCUT2D eigenvalue weighted by molar-refractivity contribution is 6.03. The number of rotatable bonds is 9. The summed E-state index contributed by atoms with van der Waals surface area (Å²) in [7, 11) is 3.79. The van der Waals surface area contributed by atoms with E-state index in [2.05, 4.69) is 27.8 Å². The van der Waals surface area contributed by atoms with Gasteiger partial charge >= 0.3 is 0 Å². The Labute approximate surface area is 191 Å². The fourth-order valence-corrected chi connectivity index (χ4v) is 4.70. The topological polar surface area (TPSA) is 56.3 Å². The number of para-hydroxylation sites is 2. The van der Waals surface area contributed by atoms with E-state index in [-0.39, 0.29) is 30.1 Å². The maximum atomic E-state index is 12.7. The van der Waals surface area contributed by atoms with Crippen molar-refractivity contribution in [3.05, 3.63) is 24.3 Å². The van der Waals surface area contributed by atoms with E-state index in [4.69, 9.17) is 4.74 Å². The molecule has 0 bridgehead atoms. The Morgan fingerprint density at radius 1 is 1.06 bits per heavy atom. The van der Waals surface area contributed by atoms with Crippen LogP contribution < -0.4 is 9.64 Å². The van der Waals surface area contributed by atoms with Gasteiger partial charge in [0.25, 0.3) is 0 Å². The van der Waals surface area contributed by atoms with Crippen molar-refractivity contribution in [1.29, 1.82) is 0 Å². The average molecular weight is 451 g/mol. The van der Waals surface area contributed by atoms with Crippen LogP contribution in [0.5, 0.6) is 5.75 Å². The number of carbonyl (C=O) groups is 2. The number of nitrogens with zero attached hydrogens (tertiary/aromatic N) is 4. The van der Waals surface area contributed by atoms with Crippen molar-refractivity contribution in [3.63, 3.8) is 0 Å². The minimum Gasteiger partial charge on any atom is -0.495 e. The molecule has 3 aliphatic rings. The van der Waals surface area contributed by atoms with E-state index in [0.717, 1.165) is 57.1 Å². The van der Waals surface area contributed by atoms with Gasteiger partial charge in [-0.15, -0.1) is 12.4 Å². The lowest BCUT2D eigenvalue weighted by molar-refractivity contribution is -0.139. The van der Waals surface area contributed by atoms with Crippen molar-refractivity contribution in [2.24, 2.45) is 5.92 Å². The summed E-state index contributed by atoms with van der Waals surface area (Å²) in [5, 5.41) is 0. The molecule has 1 saturated carbocycles. The summed E-state index contributed by atoms with van der Waals surface area (Å²) in [6.07, 6.45) is 3.67. The lowest BCUT2D eigenvalue weighted by atomic mass is 10.1. The summed E-state index contributed by atoms with van der Waals surface area (Å²) < 4.78 is 5.49. The summed E-state index contributed by atoms with van der Waals surface area (Å²) in [6, 6.07) is 8.77. The van der Waals surface area contributed by atoms with Gasteiger partial charge in [-0.3, -0.25) is 19.4 Å². The van der Waals surface area contributed by atoms with Gasteiger partial charge in [0.05, 0.1) is 18.7 Å². The molecule has 1 aromatic carbocycles. The third kappa shape index (κ3) is 5.70. The number of benzene rings is 1. The first-order chi connectivity index (χ1) is 14.6. The van der Waals surface area contributed by atoms with Crippen LogP contribution in [0.4, 0.5) is 5.69 Å². The molecule has 0 spiro atoms. The van der Waals surface area contributed by atoms with Gasteiger partial charge in [-0.05, 0) is 45.0 Å². The van der Waals surface area contributed by atoms with Crippen LogP contribution in [-0.4, -0.2) is 92.5 Å². The minimum absolute atomic E-state index is 0. The number of methoxy groups -OCH3 is 1. The van der Waals surface area contributed by atoms with Gasteiger partial charge in [0.1, 0.15) is 5.75 Å². The number of hydrogen-bond acceptors (Lipinski definition) is 6. The zero-order valence-corrected chi connectivity index (χ0v) is 19.5. The van der Waals surface area contributed by atoms with E-state index < -0.39 is 0 Å². The zero-order chi connectivity index (χ0) is 21.1. The highest BCUT2D eigenvalue weighted by atomic mass is 35.5. The number of piperazine rings is 1. The first-order valence-electron chi connectivity index (χ1n) is 11.2. The first-order valence-corrected chi connectivity index (χ1v) is 11.2. The SMILES string of the molecule is COc1ccccc1N1CCN(CCCN2C(=O)CC(CN(C)C3CC3)C2=O)CC1.Cl. The van der Waals surface area contributed by atoms with Gasteiger partial charge in [0.2, 0.25) is 11.8 Å². The fraction of sp³-hybridized carbons (Fsp3) is 0.652. The van der Waals surface area contributed by atoms with Crippen LogP contribution in [0.25, 0.3) is 0 Å². The van der Waals surface area contributed by atoms with Crippen LogP contribution in [0.3, 0.4) is 0 Å². The van der Waals surface area contributed by atoms with Crippen molar-refractivity contribution in [1.82, 2.24) is 14.7 Å². The lowest BCUT2D eigenvalue weighted by Gasteiger charge is -2.36. The summed E-state index contributed by atoms with van der Waals surface area (Å²) in [5.41, 5.74) is 1.15. The molecule has 1 aromatic rings. The number of imide groups is 1. The Hall–Kier alpha value is -1.83. The number of likely N-dealkylation sites (tertiary alicyclic amines) is 1. The quantitative estimate of drug-likeness (QED) is 0.537. The van der Waals surface area contributed by atoms with Crippen molar-refractivity contribution >= 4 is 29.9 Å². The molecule has 8 heteroatoms.